The minimum atomic E-state index is -0.776. The van der Waals surface area contributed by atoms with Crippen molar-refractivity contribution >= 4 is 5.96 Å². The summed E-state index contributed by atoms with van der Waals surface area (Å²) in [5, 5.41) is 16.6. The number of nitrogens with one attached hydrogen (secondary N) is 2. The zero-order valence-electron chi connectivity index (χ0n) is 16.1. The van der Waals surface area contributed by atoms with Crippen molar-refractivity contribution in [3.8, 4) is 5.75 Å². The standard InChI is InChI=1S/C21H28FN3O2/c1-4-23-21(25-14-19(26)17-7-9-18(22)10-8-17)24-12-11-16-6-5-15(2)20(13-16)27-3/h5-10,13,19,26H,4,11-12,14H2,1-3H3,(H2,23,24,25). The van der Waals surface area contributed by atoms with Gasteiger partial charge in [-0.05, 0) is 55.2 Å². The van der Waals surface area contributed by atoms with Gasteiger partial charge in [-0.3, -0.25) is 4.99 Å². The lowest BCUT2D eigenvalue weighted by Gasteiger charge is -2.14. The molecule has 27 heavy (non-hydrogen) atoms. The molecule has 6 heteroatoms. The Bertz CT molecular complexity index is 748. The Hall–Kier alpha value is -2.60. The Morgan fingerprint density at radius 1 is 1.19 bits per heavy atom. The van der Waals surface area contributed by atoms with Crippen LogP contribution in [0.25, 0.3) is 0 Å². The number of aryl methyl sites for hydroxylation is 1. The molecule has 5 nitrogen and oxygen atoms in total. The van der Waals surface area contributed by atoms with Crippen molar-refractivity contribution in [3.05, 3.63) is 65.0 Å². The zero-order valence-corrected chi connectivity index (χ0v) is 16.1. The lowest BCUT2D eigenvalue weighted by molar-refractivity contribution is 0.187. The molecule has 0 fully saturated rings. The smallest absolute Gasteiger partial charge is 0.191 e. The highest BCUT2D eigenvalue weighted by atomic mass is 19.1. The van der Waals surface area contributed by atoms with Gasteiger partial charge in [-0.1, -0.05) is 24.3 Å². The third-order valence-corrected chi connectivity index (χ3v) is 4.20. The maximum atomic E-state index is 13.0. The summed E-state index contributed by atoms with van der Waals surface area (Å²) in [6, 6.07) is 12.0. The third kappa shape index (κ3) is 6.57. The van der Waals surface area contributed by atoms with E-state index in [1.807, 2.05) is 26.0 Å². The maximum absolute atomic E-state index is 13.0. The van der Waals surface area contributed by atoms with Gasteiger partial charge in [0.15, 0.2) is 5.96 Å². The summed E-state index contributed by atoms with van der Waals surface area (Å²) in [5.41, 5.74) is 2.92. The second kappa shape index (κ2) is 10.5. The number of nitrogens with zero attached hydrogens (tertiary/aromatic N) is 1. The Balaban J connectivity index is 1.90. The number of ether oxygens (including phenoxy) is 1. The van der Waals surface area contributed by atoms with Gasteiger partial charge >= 0.3 is 0 Å². The van der Waals surface area contributed by atoms with Crippen LogP contribution >= 0.6 is 0 Å². The molecule has 0 amide bonds. The summed E-state index contributed by atoms with van der Waals surface area (Å²) in [6.45, 7) is 5.61. The van der Waals surface area contributed by atoms with E-state index in [4.69, 9.17) is 4.74 Å². The number of benzene rings is 2. The zero-order chi connectivity index (χ0) is 19.6. The van der Waals surface area contributed by atoms with E-state index in [1.165, 1.54) is 17.7 Å². The second-order valence-corrected chi connectivity index (χ2v) is 6.27. The number of aliphatic hydroxyl groups is 1. The largest absolute Gasteiger partial charge is 0.496 e. The second-order valence-electron chi connectivity index (χ2n) is 6.27. The summed E-state index contributed by atoms with van der Waals surface area (Å²) in [5.74, 6) is 1.20. The van der Waals surface area contributed by atoms with Crippen molar-refractivity contribution < 1.29 is 14.2 Å². The number of halogens is 1. The first-order valence-corrected chi connectivity index (χ1v) is 9.12. The third-order valence-electron chi connectivity index (χ3n) is 4.20. The number of aliphatic hydroxyl groups excluding tert-OH is 1. The number of methoxy groups -OCH3 is 1. The Labute approximate surface area is 160 Å². The SMILES string of the molecule is CCNC(=NCC(O)c1ccc(F)cc1)NCCc1ccc(C)c(OC)c1. The van der Waals surface area contributed by atoms with Crippen molar-refractivity contribution in [1.82, 2.24) is 10.6 Å². The van der Waals surface area contributed by atoms with Gasteiger partial charge in [0.05, 0.1) is 19.8 Å². The normalized spacial score (nSPS) is 12.6. The average molecular weight is 373 g/mol. The average Bonchev–Trinajstić information content (AvgIpc) is 2.67. The number of hydrogen-bond acceptors (Lipinski definition) is 3. The molecule has 0 aliphatic rings. The van der Waals surface area contributed by atoms with Crippen molar-refractivity contribution in [1.29, 1.82) is 0 Å². The van der Waals surface area contributed by atoms with Crippen LogP contribution in [0.3, 0.4) is 0 Å². The molecule has 0 radical (unpaired) electrons. The lowest BCUT2D eigenvalue weighted by Crippen LogP contribution is -2.38. The van der Waals surface area contributed by atoms with E-state index in [0.29, 0.717) is 18.1 Å². The van der Waals surface area contributed by atoms with Crippen molar-refractivity contribution in [3.63, 3.8) is 0 Å². The topological polar surface area (TPSA) is 65.9 Å². The van der Waals surface area contributed by atoms with E-state index >= 15 is 0 Å². The van der Waals surface area contributed by atoms with Gasteiger partial charge in [0, 0.05) is 13.1 Å². The molecule has 0 spiro atoms. The van der Waals surface area contributed by atoms with Gasteiger partial charge in [-0.15, -0.1) is 0 Å². The molecule has 0 aromatic heterocycles. The first-order valence-electron chi connectivity index (χ1n) is 9.12. The van der Waals surface area contributed by atoms with Gasteiger partial charge in [-0.2, -0.15) is 0 Å². The Kier molecular flexibility index (Phi) is 8.07. The predicted octanol–water partition coefficient (Wildman–Crippen LogP) is 2.97. The molecule has 0 bridgehead atoms. The molecule has 1 atom stereocenters. The highest BCUT2D eigenvalue weighted by Crippen LogP contribution is 2.19. The van der Waals surface area contributed by atoms with Gasteiger partial charge < -0.3 is 20.5 Å². The molecule has 2 aromatic rings. The van der Waals surface area contributed by atoms with E-state index in [0.717, 1.165) is 24.3 Å². The summed E-state index contributed by atoms with van der Waals surface area (Å²) < 4.78 is 18.3. The quantitative estimate of drug-likeness (QED) is 0.492. The molecule has 0 saturated carbocycles. The molecule has 0 aliphatic heterocycles. The molecule has 0 heterocycles. The maximum Gasteiger partial charge on any atom is 0.191 e. The van der Waals surface area contributed by atoms with Crippen LogP contribution in [0.15, 0.2) is 47.5 Å². The van der Waals surface area contributed by atoms with Gasteiger partial charge in [-0.25, -0.2) is 4.39 Å². The molecule has 2 aromatic carbocycles. The number of hydrogen-bond donors (Lipinski definition) is 3. The van der Waals surface area contributed by atoms with Crippen molar-refractivity contribution in [2.24, 2.45) is 4.99 Å². The molecule has 1 unspecified atom stereocenters. The Morgan fingerprint density at radius 2 is 1.93 bits per heavy atom. The molecule has 3 N–H and O–H groups in total. The van der Waals surface area contributed by atoms with Crippen LogP contribution in [-0.4, -0.2) is 37.8 Å². The number of rotatable bonds is 8. The Morgan fingerprint density at radius 3 is 2.59 bits per heavy atom. The molecule has 0 aliphatic carbocycles. The van der Waals surface area contributed by atoms with E-state index in [9.17, 15) is 9.50 Å². The van der Waals surface area contributed by atoms with E-state index in [2.05, 4.69) is 21.7 Å². The summed E-state index contributed by atoms with van der Waals surface area (Å²) in [4.78, 5) is 4.42. The fraction of sp³-hybridized carbons (Fsp3) is 0.381. The molecular formula is C21H28FN3O2. The van der Waals surface area contributed by atoms with Crippen LogP contribution in [0.1, 0.15) is 29.7 Å². The molecule has 146 valence electrons. The first kappa shape index (κ1) is 20.7. The van der Waals surface area contributed by atoms with Crippen LogP contribution in [-0.2, 0) is 6.42 Å². The summed E-state index contributed by atoms with van der Waals surface area (Å²) >= 11 is 0. The molecular weight excluding hydrogens is 345 g/mol. The fourth-order valence-corrected chi connectivity index (χ4v) is 2.66. The van der Waals surface area contributed by atoms with Crippen molar-refractivity contribution in [2.45, 2.75) is 26.4 Å². The minimum absolute atomic E-state index is 0.194. The monoisotopic (exact) mass is 373 g/mol. The number of guanidine groups is 1. The summed E-state index contributed by atoms with van der Waals surface area (Å²) in [7, 11) is 1.67. The van der Waals surface area contributed by atoms with Gasteiger partial charge in [0.25, 0.3) is 0 Å². The number of aliphatic imine (C=N–C) groups is 1. The van der Waals surface area contributed by atoms with Crippen LogP contribution in [0.4, 0.5) is 4.39 Å². The van der Waals surface area contributed by atoms with Crippen LogP contribution in [0.2, 0.25) is 0 Å². The highest BCUT2D eigenvalue weighted by molar-refractivity contribution is 5.79. The van der Waals surface area contributed by atoms with Crippen LogP contribution in [0.5, 0.6) is 5.75 Å². The fourth-order valence-electron chi connectivity index (χ4n) is 2.66. The summed E-state index contributed by atoms with van der Waals surface area (Å²) in [6.07, 6.45) is 0.0455. The van der Waals surface area contributed by atoms with E-state index in [-0.39, 0.29) is 12.4 Å². The van der Waals surface area contributed by atoms with Crippen LogP contribution in [0, 0.1) is 12.7 Å². The van der Waals surface area contributed by atoms with E-state index in [1.54, 1.807) is 19.2 Å². The first-order chi connectivity index (χ1) is 13.0. The lowest BCUT2D eigenvalue weighted by atomic mass is 10.1. The van der Waals surface area contributed by atoms with Crippen LogP contribution < -0.4 is 15.4 Å². The molecule has 0 saturated heterocycles. The van der Waals surface area contributed by atoms with E-state index < -0.39 is 6.10 Å². The van der Waals surface area contributed by atoms with Crippen molar-refractivity contribution in [2.75, 3.05) is 26.7 Å². The predicted molar refractivity (Wildman–Crippen MR) is 107 cm³/mol. The molecule has 2 rings (SSSR count). The van der Waals surface area contributed by atoms with Gasteiger partial charge in [0.1, 0.15) is 11.6 Å². The highest BCUT2D eigenvalue weighted by Gasteiger charge is 2.08. The van der Waals surface area contributed by atoms with Gasteiger partial charge in [0.2, 0.25) is 0 Å². The minimum Gasteiger partial charge on any atom is -0.496 e.